The molecule has 0 aromatic carbocycles. The summed E-state index contributed by atoms with van der Waals surface area (Å²) < 4.78 is 1.91. The van der Waals surface area contributed by atoms with E-state index in [4.69, 9.17) is 0 Å². The lowest BCUT2D eigenvalue weighted by molar-refractivity contribution is 0.0987. The van der Waals surface area contributed by atoms with Crippen molar-refractivity contribution >= 4 is 22.1 Å². The third-order valence-corrected chi connectivity index (χ3v) is 3.12. The quantitative estimate of drug-likeness (QED) is 0.657. The first kappa shape index (κ1) is 10.1. The molecule has 0 saturated heterocycles. The fourth-order valence-electron chi connectivity index (χ4n) is 1.57. The summed E-state index contributed by atoms with van der Waals surface area (Å²) in [6.07, 6.45) is 6.99. The van der Waals surface area contributed by atoms with Crippen molar-refractivity contribution in [3.05, 3.63) is 47.8 Å². The van der Waals surface area contributed by atoms with Crippen LogP contribution in [-0.2, 0) is 6.42 Å². The first-order valence-corrected chi connectivity index (χ1v) is 5.91. The van der Waals surface area contributed by atoms with Gasteiger partial charge in [0.2, 0.25) is 0 Å². The maximum atomic E-state index is 11.9. The number of thiazole rings is 1. The number of carbonyl (C=O) groups is 1. The van der Waals surface area contributed by atoms with Crippen molar-refractivity contribution in [3.8, 4) is 0 Å². The van der Waals surface area contributed by atoms with E-state index >= 15 is 0 Å². The van der Waals surface area contributed by atoms with E-state index in [0.29, 0.717) is 5.69 Å². The molecule has 0 amide bonds. The Morgan fingerprint density at radius 1 is 1.47 bits per heavy atom. The van der Waals surface area contributed by atoms with E-state index in [2.05, 4.69) is 15.0 Å². The first-order chi connectivity index (χ1) is 8.33. The number of nitrogens with zero attached hydrogens (tertiary/aromatic N) is 4. The van der Waals surface area contributed by atoms with Gasteiger partial charge in [-0.1, -0.05) is 0 Å². The minimum Gasteiger partial charge on any atom is -0.297 e. The predicted molar refractivity (Wildman–Crippen MR) is 63.1 cm³/mol. The number of carbonyl (C=O) groups excluding carboxylic acids is 1. The first-order valence-electron chi connectivity index (χ1n) is 5.03. The lowest BCUT2D eigenvalue weighted by Gasteiger charge is -1.95. The van der Waals surface area contributed by atoms with Crippen LogP contribution in [0, 0.1) is 0 Å². The van der Waals surface area contributed by atoms with Crippen molar-refractivity contribution in [2.75, 3.05) is 0 Å². The zero-order chi connectivity index (χ0) is 11.7. The van der Waals surface area contributed by atoms with Crippen molar-refractivity contribution < 1.29 is 4.79 Å². The molecule has 17 heavy (non-hydrogen) atoms. The number of Topliss-reactive ketones (excluding diaryl/α,β-unsaturated/α-hetero) is 1. The molecule has 0 radical (unpaired) electrons. The maximum Gasteiger partial charge on any atom is 0.193 e. The smallest absolute Gasteiger partial charge is 0.193 e. The molecule has 0 unspecified atom stereocenters. The van der Waals surface area contributed by atoms with Gasteiger partial charge in [0.05, 0.1) is 12.1 Å². The standard InChI is InChI=1S/C11H8N4OS/c16-10(9-1-2-12-7-13-9)5-8-6-15-3-4-17-11(15)14-8/h1-4,6-7H,5H2. The summed E-state index contributed by atoms with van der Waals surface area (Å²) in [5.74, 6) is -0.0434. The molecule has 0 aliphatic rings. The predicted octanol–water partition coefficient (Wildman–Crippen LogP) is 1.61. The largest absolute Gasteiger partial charge is 0.297 e. The zero-order valence-electron chi connectivity index (χ0n) is 8.78. The van der Waals surface area contributed by atoms with Gasteiger partial charge in [0.1, 0.15) is 12.0 Å². The maximum absolute atomic E-state index is 11.9. The Balaban J connectivity index is 1.84. The molecule has 0 bridgehead atoms. The lowest BCUT2D eigenvalue weighted by Crippen LogP contribution is -2.06. The van der Waals surface area contributed by atoms with Crippen LogP contribution in [0.5, 0.6) is 0 Å². The highest BCUT2D eigenvalue weighted by Gasteiger charge is 2.11. The van der Waals surface area contributed by atoms with Gasteiger partial charge in [-0.05, 0) is 6.07 Å². The van der Waals surface area contributed by atoms with E-state index in [1.54, 1.807) is 23.6 Å². The summed E-state index contributed by atoms with van der Waals surface area (Å²) in [6.45, 7) is 0. The van der Waals surface area contributed by atoms with Gasteiger partial charge < -0.3 is 0 Å². The fraction of sp³-hybridized carbons (Fsp3) is 0.0909. The molecule has 0 fully saturated rings. The second-order valence-electron chi connectivity index (χ2n) is 3.52. The molecule has 0 atom stereocenters. The van der Waals surface area contributed by atoms with Crippen LogP contribution in [0.2, 0.25) is 0 Å². The number of fused-ring (bicyclic) bond motifs is 1. The number of aromatic nitrogens is 4. The van der Waals surface area contributed by atoms with Crippen molar-refractivity contribution in [1.82, 2.24) is 19.4 Å². The molecule has 3 aromatic heterocycles. The second kappa shape index (κ2) is 4.06. The van der Waals surface area contributed by atoms with Crippen LogP contribution in [0.4, 0.5) is 0 Å². The summed E-state index contributed by atoms with van der Waals surface area (Å²) in [5.41, 5.74) is 1.19. The highest BCUT2D eigenvalue weighted by Crippen LogP contribution is 2.12. The second-order valence-corrected chi connectivity index (χ2v) is 4.39. The number of hydrogen-bond donors (Lipinski definition) is 0. The molecule has 5 nitrogen and oxygen atoms in total. The highest BCUT2D eigenvalue weighted by atomic mass is 32.1. The molecule has 3 heterocycles. The van der Waals surface area contributed by atoms with Crippen LogP contribution in [0.15, 0.2) is 36.4 Å². The Labute approximate surface area is 101 Å². The Morgan fingerprint density at radius 3 is 3.18 bits per heavy atom. The monoisotopic (exact) mass is 244 g/mol. The SMILES string of the molecule is O=C(Cc1cn2ccsc2n1)c1ccncn1. The number of imidazole rings is 1. The number of rotatable bonds is 3. The Bertz CT molecular complexity index is 630. The summed E-state index contributed by atoms with van der Waals surface area (Å²) in [5, 5.41) is 1.96. The minimum atomic E-state index is -0.0434. The molecular weight excluding hydrogens is 236 g/mol. The minimum absolute atomic E-state index is 0.0434. The summed E-state index contributed by atoms with van der Waals surface area (Å²) in [4.78, 5) is 24.8. The van der Waals surface area contributed by atoms with Gasteiger partial charge in [-0.15, -0.1) is 11.3 Å². The summed E-state index contributed by atoms with van der Waals surface area (Å²) in [7, 11) is 0. The normalized spacial score (nSPS) is 10.8. The third kappa shape index (κ3) is 1.94. The molecule has 3 aromatic rings. The Kier molecular flexibility index (Phi) is 2.41. The molecule has 0 saturated carbocycles. The fourth-order valence-corrected chi connectivity index (χ4v) is 2.29. The molecule has 0 spiro atoms. The lowest BCUT2D eigenvalue weighted by atomic mass is 10.2. The van der Waals surface area contributed by atoms with Gasteiger partial charge in [-0.25, -0.2) is 15.0 Å². The van der Waals surface area contributed by atoms with Gasteiger partial charge in [-0.3, -0.25) is 9.20 Å². The van der Waals surface area contributed by atoms with Gasteiger partial charge in [0, 0.05) is 24.0 Å². The van der Waals surface area contributed by atoms with Gasteiger partial charge in [0.25, 0.3) is 0 Å². The van der Waals surface area contributed by atoms with Crippen molar-refractivity contribution in [2.24, 2.45) is 0 Å². The van der Waals surface area contributed by atoms with Crippen LogP contribution in [0.1, 0.15) is 16.2 Å². The van der Waals surface area contributed by atoms with Crippen LogP contribution in [-0.4, -0.2) is 25.1 Å². The van der Waals surface area contributed by atoms with E-state index in [0.717, 1.165) is 10.7 Å². The van der Waals surface area contributed by atoms with E-state index in [1.165, 1.54) is 6.33 Å². The van der Waals surface area contributed by atoms with Crippen LogP contribution in [0.25, 0.3) is 4.96 Å². The zero-order valence-corrected chi connectivity index (χ0v) is 9.59. The van der Waals surface area contributed by atoms with Crippen molar-refractivity contribution in [3.63, 3.8) is 0 Å². The molecule has 0 aliphatic carbocycles. The Hall–Kier alpha value is -2.08. The topological polar surface area (TPSA) is 60.2 Å². The van der Waals surface area contributed by atoms with Crippen molar-refractivity contribution in [2.45, 2.75) is 6.42 Å². The van der Waals surface area contributed by atoms with Gasteiger partial charge in [0.15, 0.2) is 10.7 Å². The summed E-state index contributed by atoms with van der Waals surface area (Å²) >= 11 is 1.55. The van der Waals surface area contributed by atoms with Crippen molar-refractivity contribution in [1.29, 1.82) is 0 Å². The molecule has 0 N–H and O–H groups in total. The Morgan fingerprint density at radius 2 is 2.41 bits per heavy atom. The summed E-state index contributed by atoms with van der Waals surface area (Å²) in [6, 6.07) is 1.61. The average molecular weight is 244 g/mol. The third-order valence-electron chi connectivity index (χ3n) is 2.35. The van der Waals surface area contributed by atoms with Crippen LogP contribution in [0.3, 0.4) is 0 Å². The van der Waals surface area contributed by atoms with Gasteiger partial charge >= 0.3 is 0 Å². The van der Waals surface area contributed by atoms with E-state index < -0.39 is 0 Å². The van der Waals surface area contributed by atoms with Crippen LogP contribution >= 0.6 is 11.3 Å². The molecular formula is C11H8N4OS. The molecule has 0 aliphatic heterocycles. The molecule has 6 heteroatoms. The number of ketones is 1. The van der Waals surface area contributed by atoms with E-state index in [9.17, 15) is 4.79 Å². The molecule has 3 rings (SSSR count). The number of hydrogen-bond acceptors (Lipinski definition) is 5. The highest BCUT2D eigenvalue weighted by molar-refractivity contribution is 7.15. The van der Waals surface area contributed by atoms with Gasteiger partial charge in [-0.2, -0.15) is 0 Å². The van der Waals surface area contributed by atoms with Crippen LogP contribution < -0.4 is 0 Å². The molecule has 84 valence electrons. The van der Waals surface area contributed by atoms with E-state index in [-0.39, 0.29) is 12.2 Å². The average Bonchev–Trinajstić information content (AvgIpc) is 2.90. The van der Waals surface area contributed by atoms with E-state index in [1.807, 2.05) is 22.2 Å².